The van der Waals surface area contributed by atoms with Gasteiger partial charge in [0, 0.05) is 11.4 Å². The van der Waals surface area contributed by atoms with Gasteiger partial charge in [-0.2, -0.15) is 0 Å². The fraction of sp³-hybridized carbons (Fsp3) is 0.176. The fourth-order valence-corrected chi connectivity index (χ4v) is 3.64. The SMILES string of the molecule is C=CCc1ccccc1N(c1ccccc1)[Si](C)C. The maximum Gasteiger partial charge on any atom is 0.169 e. The van der Waals surface area contributed by atoms with Crippen LogP contribution in [0.15, 0.2) is 67.3 Å². The minimum atomic E-state index is -0.619. The molecule has 0 aliphatic heterocycles. The highest BCUT2D eigenvalue weighted by Crippen LogP contribution is 2.30. The maximum atomic E-state index is 3.86. The Bertz CT molecular complexity index is 534. The minimum Gasteiger partial charge on any atom is -0.369 e. The van der Waals surface area contributed by atoms with Crippen LogP contribution in [0.3, 0.4) is 0 Å². The highest BCUT2D eigenvalue weighted by atomic mass is 28.3. The number of allylic oxidation sites excluding steroid dienone is 1. The zero-order valence-corrected chi connectivity index (χ0v) is 12.6. The maximum absolute atomic E-state index is 3.86. The average molecular weight is 266 g/mol. The molecule has 0 aliphatic rings. The van der Waals surface area contributed by atoms with Gasteiger partial charge in [-0.05, 0) is 30.2 Å². The van der Waals surface area contributed by atoms with Crippen molar-refractivity contribution in [1.29, 1.82) is 0 Å². The standard InChI is InChI=1S/C17H20NSi/c1-4-10-15-11-8-9-14-17(15)18(19(2)3)16-12-6-5-7-13-16/h4-9,11-14H,1,10H2,2-3H3. The van der Waals surface area contributed by atoms with Gasteiger partial charge < -0.3 is 4.57 Å². The molecular formula is C17H20NSi. The fourth-order valence-electron chi connectivity index (χ4n) is 2.27. The van der Waals surface area contributed by atoms with Crippen molar-refractivity contribution in [1.82, 2.24) is 0 Å². The third-order valence-corrected chi connectivity index (χ3v) is 4.45. The van der Waals surface area contributed by atoms with Crippen LogP contribution < -0.4 is 4.57 Å². The summed E-state index contributed by atoms with van der Waals surface area (Å²) in [6.07, 6.45) is 2.88. The molecule has 2 aromatic carbocycles. The number of hydrogen-bond donors (Lipinski definition) is 0. The van der Waals surface area contributed by atoms with Crippen molar-refractivity contribution in [3.63, 3.8) is 0 Å². The molecule has 97 valence electrons. The summed E-state index contributed by atoms with van der Waals surface area (Å²) in [5.41, 5.74) is 3.93. The van der Waals surface area contributed by atoms with Gasteiger partial charge in [-0.15, -0.1) is 6.58 Å². The lowest BCUT2D eigenvalue weighted by molar-refractivity contribution is 1.23. The van der Waals surface area contributed by atoms with E-state index in [2.05, 4.69) is 78.8 Å². The monoisotopic (exact) mass is 266 g/mol. The lowest BCUT2D eigenvalue weighted by Crippen LogP contribution is -2.30. The van der Waals surface area contributed by atoms with Crippen molar-refractivity contribution >= 4 is 20.3 Å². The number of nitrogens with zero attached hydrogens (tertiary/aromatic N) is 1. The Morgan fingerprint density at radius 3 is 2.26 bits per heavy atom. The topological polar surface area (TPSA) is 3.24 Å². The van der Waals surface area contributed by atoms with E-state index in [1.54, 1.807) is 0 Å². The van der Waals surface area contributed by atoms with Crippen molar-refractivity contribution < 1.29 is 0 Å². The number of anilines is 2. The molecule has 0 heterocycles. The van der Waals surface area contributed by atoms with Gasteiger partial charge in [0.1, 0.15) is 0 Å². The largest absolute Gasteiger partial charge is 0.369 e. The van der Waals surface area contributed by atoms with Crippen molar-refractivity contribution in [2.24, 2.45) is 0 Å². The van der Waals surface area contributed by atoms with Crippen molar-refractivity contribution in [2.75, 3.05) is 4.57 Å². The lowest BCUT2D eigenvalue weighted by Gasteiger charge is -2.30. The molecule has 19 heavy (non-hydrogen) atoms. The van der Waals surface area contributed by atoms with Crippen LogP contribution in [0.25, 0.3) is 0 Å². The van der Waals surface area contributed by atoms with Crippen molar-refractivity contribution in [2.45, 2.75) is 19.5 Å². The molecule has 2 rings (SSSR count). The predicted octanol–water partition coefficient (Wildman–Crippen LogP) is 4.80. The van der Waals surface area contributed by atoms with Gasteiger partial charge in [-0.25, -0.2) is 0 Å². The molecule has 2 aromatic rings. The van der Waals surface area contributed by atoms with E-state index in [-0.39, 0.29) is 0 Å². The number of benzene rings is 2. The normalized spacial score (nSPS) is 10.5. The Hall–Kier alpha value is -1.80. The summed E-state index contributed by atoms with van der Waals surface area (Å²) in [7, 11) is -0.619. The second kappa shape index (κ2) is 6.39. The first-order valence-electron chi connectivity index (χ1n) is 6.58. The zero-order valence-electron chi connectivity index (χ0n) is 11.6. The molecule has 2 heteroatoms. The summed E-state index contributed by atoms with van der Waals surface area (Å²) in [5, 5.41) is 0. The molecule has 0 saturated carbocycles. The van der Waals surface area contributed by atoms with E-state index in [9.17, 15) is 0 Å². The van der Waals surface area contributed by atoms with Crippen LogP contribution in [0.1, 0.15) is 5.56 Å². The quantitative estimate of drug-likeness (QED) is 0.555. The van der Waals surface area contributed by atoms with E-state index in [1.165, 1.54) is 16.9 Å². The van der Waals surface area contributed by atoms with Crippen LogP contribution in [0.4, 0.5) is 11.4 Å². The second-order valence-electron chi connectivity index (χ2n) is 4.74. The van der Waals surface area contributed by atoms with E-state index in [0.717, 1.165) is 6.42 Å². The molecule has 0 fully saturated rings. The molecule has 0 bridgehead atoms. The average Bonchev–Trinajstić information content (AvgIpc) is 2.42. The summed E-state index contributed by atoms with van der Waals surface area (Å²) in [6.45, 7) is 8.51. The molecule has 0 N–H and O–H groups in total. The Labute approximate surface area is 117 Å². The van der Waals surface area contributed by atoms with Gasteiger partial charge in [0.05, 0.1) is 0 Å². The summed E-state index contributed by atoms with van der Waals surface area (Å²) in [4.78, 5) is 0. The molecule has 1 radical (unpaired) electrons. The van der Waals surface area contributed by atoms with Gasteiger partial charge >= 0.3 is 0 Å². The Morgan fingerprint density at radius 1 is 1.00 bits per heavy atom. The predicted molar refractivity (Wildman–Crippen MR) is 86.4 cm³/mol. The number of rotatable bonds is 5. The van der Waals surface area contributed by atoms with Crippen LogP contribution in [0.5, 0.6) is 0 Å². The van der Waals surface area contributed by atoms with E-state index < -0.39 is 8.96 Å². The van der Waals surface area contributed by atoms with Crippen LogP contribution in [0, 0.1) is 0 Å². The van der Waals surface area contributed by atoms with E-state index >= 15 is 0 Å². The first-order valence-corrected chi connectivity index (χ1v) is 9.03. The van der Waals surface area contributed by atoms with E-state index in [0.29, 0.717) is 0 Å². The lowest BCUT2D eigenvalue weighted by atomic mass is 10.1. The first-order chi connectivity index (χ1) is 9.24. The summed E-state index contributed by atoms with van der Waals surface area (Å²) < 4.78 is 2.48. The van der Waals surface area contributed by atoms with Crippen LogP contribution in [-0.2, 0) is 6.42 Å². The Kier molecular flexibility index (Phi) is 4.58. The zero-order chi connectivity index (χ0) is 13.7. The van der Waals surface area contributed by atoms with Gasteiger partial charge in [0.25, 0.3) is 0 Å². The van der Waals surface area contributed by atoms with Crippen LogP contribution in [0.2, 0.25) is 13.1 Å². The molecular weight excluding hydrogens is 246 g/mol. The van der Waals surface area contributed by atoms with Gasteiger partial charge in [0.2, 0.25) is 0 Å². The van der Waals surface area contributed by atoms with E-state index in [4.69, 9.17) is 0 Å². The van der Waals surface area contributed by atoms with Crippen LogP contribution >= 0.6 is 0 Å². The highest BCUT2D eigenvalue weighted by Gasteiger charge is 2.16. The Morgan fingerprint density at radius 2 is 1.63 bits per heavy atom. The third-order valence-electron chi connectivity index (χ3n) is 3.06. The highest BCUT2D eigenvalue weighted by molar-refractivity contribution is 6.62. The van der Waals surface area contributed by atoms with Crippen molar-refractivity contribution in [3.8, 4) is 0 Å². The van der Waals surface area contributed by atoms with E-state index in [1.807, 2.05) is 6.08 Å². The van der Waals surface area contributed by atoms with Gasteiger partial charge in [-0.1, -0.05) is 55.6 Å². The smallest absolute Gasteiger partial charge is 0.169 e. The summed E-state index contributed by atoms with van der Waals surface area (Å²) in [5.74, 6) is 0. The molecule has 0 amide bonds. The number of para-hydroxylation sites is 2. The molecule has 0 saturated heterocycles. The van der Waals surface area contributed by atoms with Crippen molar-refractivity contribution in [3.05, 3.63) is 72.8 Å². The van der Waals surface area contributed by atoms with Gasteiger partial charge in [-0.3, -0.25) is 0 Å². The minimum absolute atomic E-state index is 0.619. The van der Waals surface area contributed by atoms with Gasteiger partial charge in [0.15, 0.2) is 8.96 Å². The molecule has 0 spiro atoms. The molecule has 0 unspecified atom stereocenters. The molecule has 0 atom stereocenters. The van der Waals surface area contributed by atoms with Crippen LogP contribution in [-0.4, -0.2) is 8.96 Å². The molecule has 0 aromatic heterocycles. The third kappa shape index (κ3) is 3.15. The molecule has 0 aliphatic carbocycles. The molecule has 1 nitrogen and oxygen atoms in total. The summed E-state index contributed by atoms with van der Waals surface area (Å²) >= 11 is 0. The first kappa shape index (κ1) is 13.6. The second-order valence-corrected chi connectivity index (χ2v) is 7.08. The summed E-state index contributed by atoms with van der Waals surface area (Å²) in [6, 6.07) is 19.2. The number of hydrogen-bond acceptors (Lipinski definition) is 1. The Balaban J connectivity index is 2.48.